The largest absolute Gasteiger partial charge is 0.355 e. The second-order valence-electron chi connectivity index (χ2n) is 8.30. The molecule has 0 spiro atoms. The van der Waals surface area contributed by atoms with E-state index in [0.717, 1.165) is 22.3 Å². The molecule has 3 aromatic rings. The number of likely N-dealkylation sites (N-methyl/N-ethyl adjacent to an activating group) is 1. The van der Waals surface area contributed by atoms with Crippen LogP contribution in [0.4, 0.5) is 0 Å². The monoisotopic (exact) mass is 528 g/mol. The first-order valence-corrected chi connectivity index (χ1v) is 13.5. The number of hydrogen-bond donors (Lipinski definition) is 1. The predicted octanol–water partition coefficient (Wildman–Crippen LogP) is 6.31. The molecule has 0 aliphatic carbocycles. The Kier molecular flexibility index (Phi) is 10.5. The van der Waals surface area contributed by atoms with E-state index >= 15 is 0 Å². The molecule has 2 amide bonds. The maximum atomic E-state index is 13.6. The Morgan fingerprint density at radius 3 is 2.20 bits per heavy atom. The van der Waals surface area contributed by atoms with Gasteiger partial charge in [0.05, 0.1) is 5.75 Å². The van der Waals surface area contributed by atoms with Gasteiger partial charge in [-0.1, -0.05) is 89.4 Å². The van der Waals surface area contributed by atoms with E-state index in [9.17, 15) is 9.59 Å². The smallest absolute Gasteiger partial charge is 0.243 e. The maximum absolute atomic E-state index is 13.6. The lowest BCUT2D eigenvalue weighted by molar-refractivity contribution is -0.139. The Morgan fingerprint density at radius 2 is 1.57 bits per heavy atom. The van der Waals surface area contributed by atoms with Crippen LogP contribution >= 0.6 is 35.0 Å². The molecule has 0 bridgehead atoms. The Labute approximate surface area is 222 Å². The van der Waals surface area contributed by atoms with Crippen LogP contribution < -0.4 is 5.32 Å². The topological polar surface area (TPSA) is 49.4 Å². The van der Waals surface area contributed by atoms with Gasteiger partial charge in [0.25, 0.3) is 0 Å². The molecule has 0 aliphatic heterocycles. The van der Waals surface area contributed by atoms with Crippen molar-refractivity contribution in [3.8, 4) is 0 Å². The molecule has 0 radical (unpaired) electrons. The standard InChI is InChI=1S/C28H30Cl2N2O2S/c1-3-31-28(34)26(16-21-8-5-4-6-9-21)32(17-22-14-12-20(2)13-15-22)27(33)19-35-18-23-24(29)10-7-11-25(23)30/h4-15,26H,3,16-19H2,1-2H3,(H,31,34)/t26-/m1/s1. The van der Waals surface area contributed by atoms with Crippen molar-refractivity contribution in [3.63, 3.8) is 0 Å². The summed E-state index contributed by atoms with van der Waals surface area (Å²) in [6, 6.07) is 22.6. The van der Waals surface area contributed by atoms with E-state index in [1.54, 1.807) is 23.1 Å². The van der Waals surface area contributed by atoms with E-state index in [1.807, 2.05) is 68.4 Å². The van der Waals surface area contributed by atoms with E-state index in [-0.39, 0.29) is 17.6 Å². The van der Waals surface area contributed by atoms with E-state index in [4.69, 9.17) is 23.2 Å². The van der Waals surface area contributed by atoms with Crippen LogP contribution in [-0.4, -0.2) is 35.1 Å². The van der Waals surface area contributed by atoms with Crippen molar-refractivity contribution < 1.29 is 9.59 Å². The Hall–Kier alpha value is -2.47. The molecule has 0 saturated heterocycles. The molecule has 4 nitrogen and oxygen atoms in total. The van der Waals surface area contributed by atoms with E-state index in [0.29, 0.717) is 35.3 Å². The molecule has 1 atom stereocenters. The highest BCUT2D eigenvalue weighted by molar-refractivity contribution is 7.99. The summed E-state index contributed by atoms with van der Waals surface area (Å²) < 4.78 is 0. The van der Waals surface area contributed by atoms with Crippen molar-refractivity contribution in [2.24, 2.45) is 0 Å². The number of halogens is 2. The van der Waals surface area contributed by atoms with Crippen molar-refractivity contribution in [3.05, 3.63) is 105 Å². The average molecular weight is 530 g/mol. The number of aryl methyl sites for hydroxylation is 1. The van der Waals surface area contributed by atoms with E-state index in [1.165, 1.54) is 11.8 Å². The summed E-state index contributed by atoms with van der Waals surface area (Å²) in [4.78, 5) is 28.4. The average Bonchev–Trinajstić information content (AvgIpc) is 2.85. The summed E-state index contributed by atoms with van der Waals surface area (Å²) in [7, 11) is 0. The van der Waals surface area contributed by atoms with Crippen LogP contribution in [0.5, 0.6) is 0 Å². The molecular formula is C28H30Cl2N2O2S. The van der Waals surface area contributed by atoms with E-state index in [2.05, 4.69) is 5.32 Å². The summed E-state index contributed by atoms with van der Waals surface area (Å²) >= 11 is 14.0. The number of hydrogen-bond acceptors (Lipinski definition) is 3. The van der Waals surface area contributed by atoms with Gasteiger partial charge in [0.2, 0.25) is 11.8 Å². The summed E-state index contributed by atoms with van der Waals surface area (Å²) in [6.45, 7) is 4.75. The molecule has 0 aromatic heterocycles. The Bertz CT molecular complexity index is 1100. The zero-order chi connectivity index (χ0) is 25.2. The molecule has 0 aliphatic rings. The molecule has 3 aromatic carbocycles. The summed E-state index contributed by atoms with van der Waals surface area (Å²) in [5.41, 5.74) is 3.93. The number of nitrogens with one attached hydrogen (secondary N) is 1. The van der Waals surface area contributed by atoms with Gasteiger partial charge in [-0.25, -0.2) is 0 Å². The second-order valence-corrected chi connectivity index (χ2v) is 10.1. The van der Waals surface area contributed by atoms with Crippen molar-refractivity contribution in [2.45, 2.75) is 38.6 Å². The van der Waals surface area contributed by atoms with Gasteiger partial charge in [-0.3, -0.25) is 9.59 Å². The van der Waals surface area contributed by atoms with Gasteiger partial charge in [-0.05, 0) is 42.7 Å². The van der Waals surface area contributed by atoms with Gasteiger partial charge in [0.15, 0.2) is 0 Å². The highest BCUT2D eigenvalue weighted by atomic mass is 35.5. The van der Waals surface area contributed by atoms with Crippen molar-refractivity contribution in [2.75, 3.05) is 12.3 Å². The fraction of sp³-hybridized carbons (Fsp3) is 0.286. The third-order valence-electron chi connectivity index (χ3n) is 5.63. The highest BCUT2D eigenvalue weighted by Crippen LogP contribution is 2.28. The number of nitrogens with zero attached hydrogens (tertiary/aromatic N) is 1. The van der Waals surface area contributed by atoms with Crippen molar-refractivity contribution in [1.29, 1.82) is 0 Å². The highest BCUT2D eigenvalue weighted by Gasteiger charge is 2.30. The SMILES string of the molecule is CCNC(=O)[C@@H](Cc1ccccc1)N(Cc1ccc(C)cc1)C(=O)CSCc1c(Cl)cccc1Cl. The first-order chi connectivity index (χ1) is 16.9. The third-order valence-corrected chi connectivity index (χ3v) is 7.28. The molecule has 184 valence electrons. The summed E-state index contributed by atoms with van der Waals surface area (Å²) in [5.74, 6) is 0.451. The number of rotatable bonds is 11. The van der Waals surface area contributed by atoms with Crippen LogP contribution in [0.25, 0.3) is 0 Å². The van der Waals surface area contributed by atoms with Crippen LogP contribution in [0.15, 0.2) is 72.8 Å². The molecule has 0 unspecified atom stereocenters. The quantitative estimate of drug-likeness (QED) is 0.317. The van der Waals surface area contributed by atoms with Gasteiger partial charge in [-0.2, -0.15) is 0 Å². The first-order valence-electron chi connectivity index (χ1n) is 11.6. The normalized spacial score (nSPS) is 11.7. The lowest BCUT2D eigenvalue weighted by Crippen LogP contribution is -2.51. The van der Waals surface area contributed by atoms with Gasteiger partial charge >= 0.3 is 0 Å². The zero-order valence-corrected chi connectivity index (χ0v) is 22.3. The molecule has 0 saturated carbocycles. The van der Waals surface area contributed by atoms with Crippen molar-refractivity contribution >= 4 is 46.8 Å². The minimum absolute atomic E-state index is 0.106. The minimum atomic E-state index is -0.629. The molecular weight excluding hydrogens is 499 g/mol. The molecule has 1 N–H and O–H groups in total. The van der Waals surface area contributed by atoms with Crippen LogP contribution in [-0.2, 0) is 28.3 Å². The number of amides is 2. The third kappa shape index (κ3) is 8.03. The maximum Gasteiger partial charge on any atom is 0.243 e. The fourth-order valence-electron chi connectivity index (χ4n) is 3.73. The fourth-order valence-corrected chi connectivity index (χ4v) is 5.38. The molecule has 35 heavy (non-hydrogen) atoms. The molecule has 3 rings (SSSR count). The molecule has 0 heterocycles. The van der Waals surface area contributed by atoms with Crippen LogP contribution in [0.1, 0.15) is 29.2 Å². The van der Waals surface area contributed by atoms with Crippen LogP contribution in [0.3, 0.4) is 0 Å². The number of carbonyl (C=O) groups is 2. The lowest BCUT2D eigenvalue weighted by Gasteiger charge is -2.31. The summed E-state index contributed by atoms with van der Waals surface area (Å²) in [5, 5.41) is 4.08. The number of benzene rings is 3. The predicted molar refractivity (Wildman–Crippen MR) is 147 cm³/mol. The Morgan fingerprint density at radius 1 is 0.914 bits per heavy atom. The van der Waals surface area contributed by atoms with Gasteiger partial charge in [0.1, 0.15) is 6.04 Å². The lowest BCUT2D eigenvalue weighted by atomic mass is 10.0. The van der Waals surface area contributed by atoms with Crippen LogP contribution in [0, 0.1) is 6.92 Å². The summed E-state index contributed by atoms with van der Waals surface area (Å²) in [6.07, 6.45) is 0.436. The zero-order valence-electron chi connectivity index (χ0n) is 20.0. The van der Waals surface area contributed by atoms with E-state index < -0.39 is 6.04 Å². The Balaban J connectivity index is 1.84. The second kappa shape index (κ2) is 13.6. The number of thioether (sulfide) groups is 1. The first kappa shape index (κ1) is 27.1. The minimum Gasteiger partial charge on any atom is -0.355 e. The van der Waals surface area contributed by atoms with Gasteiger partial charge in [-0.15, -0.1) is 11.8 Å². The van der Waals surface area contributed by atoms with Gasteiger partial charge < -0.3 is 10.2 Å². The van der Waals surface area contributed by atoms with Crippen molar-refractivity contribution in [1.82, 2.24) is 10.2 Å². The molecule has 0 fully saturated rings. The van der Waals surface area contributed by atoms with Crippen LogP contribution in [0.2, 0.25) is 10.0 Å². The van der Waals surface area contributed by atoms with Gasteiger partial charge in [0, 0.05) is 35.3 Å². The molecule has 7 heteroatoms. The number of carbonyl (C=O) groups excluding carboxylic acids is 2.